The third-order valence-electron chi connectivity index (χ3n) is 4.73. The topological polar surface area (TPSA) is 101 Å². The second-order valence-electron chi connectivity index (χ2n) is 6.20. The molecular weight excluding hydrogens is 358 g/mol. The van der Waals surface area contributed by atoms with Crippen molar-refractivity contribution in [1.29, 1.82) is 0 Å². The number of nitrogens with one attached hydrogen (secondary N) is 1. The number of carbonyl (C=O) groups is 2. The van der Waals surface area contributed by atoms with Gasteiger partial charge in [-0.1, -0.05) is 12.1 Å². The van der Waals surface area contributed by atoms with Crippen LogP contribution in [0.3, 0.4) is 0 Å². The fourth-order valence-corrected chi connectivity index (χ4v) is 3.46. The molecule has 8 heteroatoms. The van der Waals surface area contributed by atoms with Crippen molar-refractivity contribution in [3.05, 3.63) is 66.1 Å². The maximum atomic E-state index is 13.3. The van der Waals surface area contributed by atoms with Crippen LogP contribution < -0.4 is 9.64 Å². The van der Waals surface area contributed by atoms with Gasteiger partial charge in [0.15, 0.2) is 5.65 Å². The minimum Gasteiger partial charge on any atom is -0.495 e. The van der Waals surface area contributed by atoms with Gasteiger partial charge < -0.3 is 4.74 Å². The normalized spacial score (nSPS) is 13.2. The first-order valence-corrected chi connectivity index (χ1v) is 8.50. The van der Waals surface area contributed by atoms with E-state index in [1.807, 2.05) is 0 Å². The van der Waals surface area contributed by atoms with Crippen molar-refractivity contribution in [3.8, 4) is 17.0 Å². The largest absolute Gasteiger partial charge is 0.495 e. The zero-order chi connectivity index (χ0) is 19.3. The number of H-pyrrole nitrogens is 1. The van der Waals surface area contributed by atoms with Crippen LogP contribution in [0.5, 0.6) is 5.75 Å². The number of aromatic nitrogens is 4. The summed E-state index contributed by atoms with van der Waals surface area (Å²) < 4.78 is 5.33. The Morgan fingerprint density at radius 3 is 2.61 bits per heavy atom. The van der Waals surface area contributed by atoms with Crippen LogP contribution in [-0.4, -0.2) is 39.1 Å². The number of hydrogen-bond acceptors (Lipinski definition) is 6. The van der Waals surface area contributed by atoms with Crippen LogP contribution in [0.2, 0.25) is 0 Å². The van der Waals surface area contributed by atoms with E-state index in [0.717, 1.165) is 10.5 Å². The first-order valence-electron chi connectivity index (χ1n) is 8.50. The standard InChI is InChI=1S/C20H13N5O3/c1-28-14-5-3-2-4-13(14)25-19(26)12-10-22-18-16(15(12)20(25)27)17(23-24-18)11-6-8-21-9-7-11/h2-10H,1H3,(H,22,23,24). The van der Waals surface area contributed by atoms with E-state index < -0.39 is 11.8 Å². The number of ether oxygens (including phenoxy) is 1. The molecule has 0 bridgehead atoms. The summed E-state index contributed by atoms with van der Waals surface area (Å²) in [4.78, 5) is 35.8. The van der Waals surface area contributed by atoms with Gasteiger partial charge in [-0.3, -0.25) is 19.7 Å². The average Bonchev–Trinajstić information content (AvgIpc) is 3.28. The van der Waals surface area contributed by atoms with Gasteiger partial charge in [-0.25, -0.2) is 9.88 Å². The Morgan fingerprint density at radius 2 is 1.82 bits per heavy atom. The SMILES string of the molecule is COc1ccccc1N1C(=O)c2cnc3n[nH]c(-c4ccncc4)c3c2C1=O. The molecule has 0 radical (unpaired) electrons. The summed E-state index contributed by atoms with van der Waals surface area (Å²) in [6.45, 7) is 0. The molecule has 1 aromatic carbocycles. The van der Waals surface area contributed by atoms with Gasteiger partial charge in [-0.2, -0.15) is 5.10 Å². The van der Waals surface area contributed by atoms with Gasteiger partial charge in [0.05, 0.1) is 35.0 Å². The third-order valence-corrected chi connectivity index (χ3v) is 4.73. The summed E-state index contributed by atoms with van der Waals surface area (Å²) in [5.41, 5.74) is 2.68. The number of aromatic amines is 1. The Kier molecular flexibility index (Phi) is 3.45. The minimum atomic E-state index is -0.444. The second-order valence-corrected chi connectivity index (χ2v) is 6.20. The number of rotatable bonds is 3. The number of hydrogen-bond donors (Lipinski definition) is 1. The molecule has 0 unspecified atom stereocenters. The highest BCUT2D eigenvalue weighted by atomic mass is 16.5. The smallest absolute Gasteiger partial charge is 0.267 e. The number of para-hydroxylation sites is 2. The van der Waals surface area contributed by atoms with E-state index in [4.69, 9.17) is 4.74 Å². The fourth-order valence-electron chi connectivity index (χ4n) is 3.46. The lowest BCUT2D eigenvalue weighted by molar-refractivity contribution is 0.0925. The molecule has 0 saturated heterocycles. The molecule has 28 heavy (non-hydrogen) atoms. The first kappa shape index (κ1) is 16.1. The number of amides is 2. The van der Waals surface area contributed by atoms with E-state index >= 15 is 0 Å². The van der Waals surface area contributed by atoms with Crippen LogP contribution in [0.4, 0.5) is 5.69 Å². The lowest BCUT2D eigenvalue weighted by atomic mass is 10.0. The summed E-state index contributed by atoms with van der Waals surface area (Å²) >= 11 is 0. The summed E-state index contributed by atoms with van der Waals surface area (Å²) in [7, 11) is 1.49. The Morgan fingerprint density at radius 1 is 1.04 bits per heavy atom. The van der Waals surface area contributed by atoms with Crippen LogP contribution in [0.1, 0.15) is 20.7 Å². The van der Waals surface area contributed by atoms with Gasteiger partial charge in [-0.15, -0.1) is 0 Å². The quantitative estimate of drug-likeness (QED) is 0.556. The molecule has 1 aliphatic heterocycles. The van der Waals surface area contributed by atoms with E-state index in [1.165, 1.54) is 13.3 Å². The molecular formula is C20H13N5O3. The van der Waals surface area contributed by atoms with E-state index in [2.05, 4.69) is 20.2 Å². The number of imide groups is 1. The Bertz CT molecular complexity index is 1250. The second kappa shape index (κ2) is 5.98. The van der Waals surface area contributed by atoms with Gasteiger partial charge in [0.2, 0.25) is 0 Å². The number of nitrogens with zero attached hydrogens (tertiary/aromatic N) is 4. The Hall–Kier alpha value is -4.07. The number of fused-ring (bicyclic) bond motifs is 3. The zero-order valence-corrected chi connectivity index (χ0v) is 14.7. The maximum absolute atomic E-state index is 13.3. The van der Waals surface area contributed by atoms with Crippen LogP contribution in [0.25, 0.3) is 22.3 Å². The van der Waals surface area contributed by atoms with Crippen LogP contribution >= 0.6 is 0 Å². The fraction of sp³-hybridized carbons (Fsp3) is 0.0500. The summed E-state index contributed by atoms with van der Waals surface area (Å²) in [5.74, 6) is -0.447. The van der Waals surface area contributed by atoms with Crippen LogP contribution in [-0.2, 0) is 0 Å². The van der Waals surface area contributed by atoms with Gasteiger partial charge in [-0.05, 0) is 24.3 Å². The number of carbonyl (C=O) groups excluding carboxylic acids is 2. The Labute approximate surface area is 158 Å². The van der Waals surface area contributed by atoms with Crippen molar-refractivity contribution in [3.63, 3.8) is 0 Å². The molecule has 4 aromatic rings. The van der Waals surface area contributed by atoms with Crippen molar-refractivity contribution in [2.24, 2.45) is 0 Å². The van der Waals surface area contributed by atoms with E-state index in [-0.39, 0.29) is 11.1 Å². The van der Waals surface area contributed by atoms with Crippen molar-refractivity contribution in [1.82, 2.24) is 20.2 Å². The van der Waals surface area contributed by atoms with Gasteiger partial charge in [0.1, 0.15) is 5.75 Å². The molecule has 1 aliphatic rings. The molecule has 0 saturated carbocycles. The molecule has 0 spiro atoms. The molecule has 136 valence electrons. The highest BCUT2D eigenvalue weighted by molar-refractivity contribution is 6.38. The molecule has 0 aliphatic carbocycles. The Balaban J connectivity index is 1.75. The van der Waals surface area contributed by atoms with Gasteiger partial charge in [0.25, 0.3) is 11.8 Å². The summed E-state index contributed by atoms with van der Waals surface area (Å²) in [6, 6.07) is 10.5. The molecule has 8 nitrogen and oxygen atoms in total. The van der Waals surface area contributed by atoms with Crippen molar-refractivity contribution < 1.29 is 14.3 Å². The number of anilines is 1. The molecule has 5 rings (SSSR count). The predicted octanol–water partition coefficient (Wildman–Crippen LogP) is 2.83. The number of methoxy groups -OCH3 is 1. The summed E-state index contributed by atoms with van der Waals surface area (Å²) in [6.07, 6.45) is 4.68. The zero-order valence-electron chi connectivity index (χ0n) is 14.7. The highest BCUT2D eigenvalue weighted by Crippen LogP contribution is 2.38. The van der Waals surface area contributed by atoms with Crippen LogP contribution in [0.15, 0.2) is 55.0 Å². The summed E-state index contributed by atoms with van der Waals surface area (Å²) in [5, 5.41) is 7.64. The third kappa shape index (κ3) is 2.14. The molecule has 0 fully saturated rings. The molecule has 4 heterocycles. The van der Waals surface area contributed by atoms with E-state index in [9.17, 15) is 9.59 Å². The predicted molar refractivity (Wildman–Crippen MR) is 101 cm³/mol. The van der Waals surface area contributed by atoms with E-state index in [0.29, 0.717) is 28.2 Å². The average molecular weight is 371 g/mol. The molecule has 2 amide bonds. The molecule has 1 N–H and O–H groups in total. The van der Waals surface area contributed by atoms with Gasteiger partial charge in [0, 0.05) is 24.2 Å². The lowest BCUT2D eigenvalue weighted by Gasteiger charge is -2.16. The van der Waals surface area contributed by atoms with E-state index in [1.54, 1.807) is 48.8 Å². The monoisotopic (exact) mass is 371 g/mol. The van der Waals surface area contributed by atoms with Crippen LogP contribution in [0, 0.1) is 0 Å². The minimum absolute atomic E-state index is 0.236. The number of pyridine rings is 2. The lowest BCUT2D eigenvalue weighted by Crippen LogP contribution is -2.29. The number of benzene rings is 1. The van der Waals surface area contributed by atoms with Crippen molar-refractivity contribution in [2.45, 2.75) is 0 Å². The molecule has 0 atom stereocenters. The molecule has 3 aromatic heterocycles. The van der Waals surface area contributed by atoms with Crippen molar-refractivity contribution in [2.75, 3.05) is 12.0 Å². The van der Waals surface area contributed by atoms with Gasteiger partial charge >= 0.3 is 0 Å². The maximum Gasteiger partial charge on any atom is 0.267 e. The van der Waals surface area contributed by atoms with Crippen molar-refractivity contribution >= 4 is 28.5 Å². The highest BCUT2D eigenvalue weighted by Gasteiger charge is 2.41. The first-order chi connectivity index (χ1) is 13.7.